The van der Waals surface area contributed by atoms with Gasteiger partial charge in [-0.2, -0.15) is 9.35 Å². The molecule has 3 aromatic rings. The molecule has 0 atom stereocenters. The molecule has 0 radical (unpaired) electrons. The van der Waals surface area contributed by atoms with E-state index in [1.807, 2.05) is 0 Å². The van der Waals surface area contributed by atoms with E-state index in [1.54, 1.807) is 19.1 Å². The number of nitrogens with two attached hydrogens (primary N) is 1. The van der Waals surface area contributed by atoms with Gasteiger partial charge in [-0.05, 0) is 32.0 Å². The number of nitrogens with zero attached hydrogens (tertiary/aromatic N) is 6. The lowest BCUT2D eigenvalue weighted by atomic mass is 10.3. The van der Waals surface area contributed by atoms with E-state index in [1.165, 1.54) is 24.8 Å². The smallest absolute Gasteiger partial charge is 0.294 e. The summed E-state index contributed by atoms with van der Waals surface area (Å²) in [7, 11) is 0. The summed E-state index contributed by atoms with van der Waals surface area (Å²) in [6, 6.07) is 4.73. The van der Waals surface area contributed by atoms with E-state index in [2.05, 4.69) is 31.1 Å². The van der Waals surface area contributed by atoms with Gasteiger partial charge in [0.25, 0.3) is 11.1 Å². The maximum atomic E-state index is 11.9. The van der Waals surface area contributed by atoms with Gasteiger partial charge in [-0.25, -0.2) is 0 Å². The third-order valence-electron chi connectivity index (χ3n) is 4.11. The number of fused-ring (bicyclic) bond motifs is 1. The number of carbonyl (C=O) groups excluding carboxylic acids is 2. The van der Waals surface area contributed by atoms with Crippen molar-refractivity contribution >= 4 is 64.2 Å². The number of amides is 2. The zero-order chi connectivity index (χ0) is 25.7. The van der Waals surface area contributed by atoms with Gasteiger partial charge in [0, 0.05) is 5.02 Å². The summed E-state index contributed by atoms with van der Waals surface area (Å²) >= 11 is 14.0. The molecule has 13 nitrogen and oxygen atoms in total. The largest absolute Gasteiger partial charge is 0.334 e. The predicted octanol–water partition coefficient (Wildman–Crippen LogP) is 0.821. The Kier molecular flexibility index (Phi) is 8.71. The quantitative estimate of drug-likeness (QED) is 0.305. The number of aromatic nitrogens is 6. The van der Waals surface area contributed by atoms with Crippen LogP contribution in [0.4, 0.5) is 5.69 Å². The Balaban J connectivity index is 0.000000223. The van der Waals surface area contributed by atoms with Crippen molar-refractivity contribution in [3.63, 3.8) is 0 Å². The van der Waals surface area contributed by atoms with Crippen LogP contribution in [0.1, 0.15) is 11.4 Å². The molecule has 3 heterocycles. The van der Waals surface area contributed by atoms with Crippen LogP contribution >= 0.6 is 46.7 Å². The monoisotopic (exact) mass is 557 g/mol. The number of nitrogen functional groups attached to an aromatic ring is 1. The van der Waals surface area contributed by atoms with E-state index in [0.717, 1.165) is 21.1 Å². The number of carbonyl (C=O) groups is 2. The fourth-order valence-electron chi connectivity index (χ4n) is 2.41. The Bertz CT molecular complexity index is 1410. The van der Waals surface area contributed by atoms with Crippen molar-refractivity contribution in [3.05, 3.63) is 60.3 Å². The SMILES string of the molecule is Cc1nnc(SCC(=O)Nc2cc(Cl)ccc2Cl)n(N)c1=O.Cc1nnc2n(c1=O)NC(=O)CS2. The van der Waals surface area contributed by atoms with Crippen molar-refractivity contribution in [2.75, 3.05) is 28.1 Å². The van der Waals surface area contributed by atoms with E-state index >= 15 is 0 Å². The lowest BCUT2D eigenvalue weighted by Gasteiger charge is -2.15. The number of aryl methyl sites for hydroxylation is 2. The molecule has 0 aliphatic carbocycles. The first-order valence-corrected chi connectivity index (χ1v) is 12.3. The average molecular weight is 558 g/mol. The van der Waals surface area contributed by atoms with Crippen LogP contribution in [0.2, 0.25) is 10.0 Å². The van der Waals surface area contributed by atoms with Crippen LogP contribution < -0.4 is 27.7 Å². The van der Waals surface area contributed by atoms with E-state index < -0.39 is 5.56 Å². The second-order valence-electron chi connectivity index (χ2n) is 6.74. The molecule has 1 aliphatic heterocycles. The minimum atomic E-state index is -0.462. The van der Waals surface area contributed by atoms with Gasteiger partial charge in [0.05, 0.1) is 22.2 Å². The summed E-state index contributed by atoms with van der Waals surface area (Å²) in [5.74, 6) is 5.29. The Labute approximate surface area is 215 Å². The average Bonchev–Trinajstić information content (AvgIpc) is 2.82. The van der Waals surface area contributed by atoms with Crippen molar-refractivity contribution < 1.29 is 9.59 Å². The van der Waals surface area contributed by atoms with Crippen LogP contribution in [0.5, 0.6) is 0 Å². The van der Waals surface area contributed by atoms with E-state index in [0.29, 0.717) is 20.9 Å². The molecule has 2 aromatic heterocycles. The second-order valence-corrected chi connectivity index (χ2v) is 9.46. The highest BCUT2D eigenvalue weighted by Crippen LogP contribution is 2.25. The first-order valence-electron chi connectivity index (χ1n) is 9.55. The number of anilines is 1. The molecule has 0 fully saturated rings. The fourth-order valence-corrected chi connectivity index (χ4v) is 4.08. The maximum absolute atomic E-state index is 11.9. The first kappa shape index (κ1) is 26.5. The van der Waals surface area contributed by atoms with Gasteiger partial charge in [-0.1, -0.05) is 46.7 Å². The summed E-state index contributed by atoms with van der Waals surface area (Å²) in [4.78, 5) is 45.8. The number of benzene rings is 1. The van der Waals surface area contributed by atoms with Gasteiger partial charge in [0.2, 0.25) is 22.1 Å². The van der Waals surface area contributed by atoms with Crippen molar-refractivity contribution in [3.8, 4) is 0 Å². The Morgan fingerprint density at radius 2 is 1.83 bits per heavy atom. The molecule has 0 bridgehead atoms. The molecule has 0 unspecified atom stereocenters. The van der Waals surface area contributed by atoms with Gasteiger partial charge in [-0.15, -0.1) is 20.4 Å². The highest BCUT2D eigenvalue weighted by atomic mass is 35.5. The van der Waals surface area contributed by atoms with E-state index in [-0.39, 0.29) is 45.4 Å². The van der Waals surface area contributed by atoms with Crippen LogP contribution in [0, 0.1) is 13.8 Å². The summed E-state index contributed by atoms with van der Waals surface area (Å²) < 4.78 is 1.98. The maximum Gasteiger partial charge on any atom is 0.294 e. The molecule has 4 N–H and O–H groups in total. The molecule has 35 heavy (non-hydrogen) atoms. The van der Waals surface area contributed by atoms with Crippen LogP contribution in [-0.2, 0) is 9.59 Å². The zero-order valence-electron chi connectivity index (χ0n) is 18.1. The third-order valence-corrected chi connectivity index (χ3v) is 6.55. The van der Waals surface area contributed by atoms with Gasteiger partial charge in [-0.3, -0.25) is 24.6 Å². The van der Waals surface area contributed by atoms with Gasteiger partial charge in [0.1, 0.15) is 11.4 Å². The number of hydrogen-bond acceptors (Lipinski definition) is 11. The highest BCUT2D eigenvalue weighted by Gasteiger charge is 2.18. The molecule has 1 aromatic carbocycles. The minimum absolute atomic E-state index is 0.0166. The van der Waals surface area contributed by atoms with E-state index in [4.69, 9.17) is 29.0 Å². The third kappa shape index (κ3) is 6.72. The number of nitrogens with one attached hydrogen (secondary N) is 2. The number of hydrogen-bond donors (Lipinski definition) is 3. The summed E-state index contributed by atoms with van der Waals surface area (Å²) in [5.41, 5.74) is 2.48. The molecule has 1 aliphatic rings. The molecule has 17 heteroatoms. The van der Waals surface area contributed by atoms with Crippen LogP contribution in [0.3, 0.4) is 0 Å². The Hall–Kier alpha value is -3.14. The standard InChI is InChI=1S/C12H11Cl2N5O2S.C6H6N4O2S/c1-6-11(21)19(15)12(18-17-6)22-5-10(20)16-9-4-7(13)2-3-8(9)14;1-3-5(12)10-6(8-7-3)13-2-4(11)9-10/h2-4H,5,15H2,1H3,(H,16,20);2H2,1H3,(H,9,11). The topological polar surface area (TPSA) is 180 Å². The normalized spacial score (nSPS) is 12.2. The molecule has 0 saturated heterocycles. The minimum Gasteiger partial charge on any atom is -0.334 e. The lowest BCUT2D eigenvalue weighted by molar-refractivity contribution is -0.115. The van der Waals surface area contributed by atoms with Gasteiger partial charge < -0.3 is 11.2 Å². The molecule has 4 rings (SSSR count). The molecule has 0 saturated carbocycles. The van der Waals surface area contributed by atoms with Crippen molar-refractivity contribution in [2.45, 2.75) is 24.2 Å². The Morgan fingerprint density at radius 3 is 2.57 bits per heavy atom. The van der Waals surface area contributed by atoms with Gasteiger partial charge in [0.15, 0.2) is 0 Å². The summed E-state index contributed by atoms with van der Waals surface area (Å²) in [6.07, 6.45) is 0. The van der Waals surface area contributed by atoms with Crippen molar-refractivity contribution in [2.24, 2.45) is 0 Å². The molecular formula is C18H17Cl2N9O4S2. The number of thioether (sulfide) groups is 2. The number of halogens is 2. The summed E-state index contributed by atoms with van der Waals surface area (Å²) in [5, 5.41) is 18.9. The summed E-state index contributed by atoms with van der Waals surface area (Å²) in [6.45, 7) is 3.05. The zero-order valence-corrected chi connectivity index (χ0v) is 21.3. The number of rotatable bonds is 4. The predicted molar refractivity (Wildman–Crippen MR) is 133 cm³/mol. The second kappa shape index (κ2) is 11.5. The van der Waals surface area contributed by atoms with Crippen molar-refractivity contribution in [1.29, 1.82) is 0 Å². The molecule has 0 spiro atoms. The van der Waals surface area contributed by atoms with E-state index in [9.17, 15) is 19.2 Å². The Morgan fingerprint density at radius 1 is 1.14 bits per heavy atom. The van der Waals surface area contributed by atoms with Crippen LogP contribution in [-0.4, -0.2) is 53.1 Å². The molecular weight excluding hydrogens is 541 g/mol. The molecule has 184 valence electrons. The van der Waals surface area contributed by atoms with Crippen molar-refractivity contribution in [1.82, 2.24) is 29.7 Å². The first-order chi connectivity index (χ1) is 16.6. The molecule has 2 amide bonds. The van der Waals surface area contributed by atoms with Crippen LogP contribution in [0.15, 0.2) is 38.1 Å². The highest BCUT2D eigenvalue weighted by molar-refractivity contribution is 8.00. The van der Waals surface area contributed by atoms with Crippen LogP contribution in [0.25, 0.3) is 0 Å². The lowest BCUT2D eigenvalue weighted by Crippen LogP contribution is -2.40. The van der Waals surface area contributed by atoms with Gasteiger partial charge >= 0.3 is 0 Å². The fraction of sp³-hybridized carbons (Fsp3) is 0.222.